The summed E-state index contributed by atoms with van der Waals surface area (Å²) in [6, 6.07) is 0.597. The fourth-order valence-electron chi connectivity index (χ4n) is 3.86. The number of piperidine rings is 1. The largest absolute Gasteiger partial charge is 0.356 e. The summed E-state index contributed by atoms with van der Waals surface area (Å²) in [6.07, 6.45) is 11.5. The van der Waals surface area contributed by atoms with Crippen LogP contribution in [0.15, 0.2) is 4.99 Å². The smallest absolute Gasteiger partial charge is 0.191 e. The maximum absolute atomic E-state index is 4.42. The molecule has 1 saturated carbocycles. The SMILES string of the molecule is CCN1CCC(CCNC(=NC)NC2CCCC(SC)C2)CC1.I. The highest BCUT2D eigenvalue weighted by molar-refractivity contribution is 14.0. The highest BCUT2D eigenvalue weighted by Gasteiger charge is 2.22. The first-order valence-electron chi connectivity index (χ1n) is 9.47. The molecule has 0 bridgehead atoms. The van der Waals surface area contributed by atoms with Crippen molar-refractivity contribution in [3.8, 4) is 0 Å². The molecule has 2 aliphatic rings. The molecule has 0 aromatic carbocycles. The quantitative estimate of drug-likeness (QED) is 0.355. The van der Waals surface area contributed by atoms with E-state index in [2.05, 4.69) is 33.7 Å². The Kier molecular flexibility index (Phi) is 11.8. The van der Waals surface area contributed by atoms with Crippen LogP contribution in [0.25, 0.3) is 0 Å². The maximum atomic E-state index is 4.42. The van der Waals surface area contributed by atoms with Gasteiger partial charge in [0.25, 0.3) is 0 Å². The van der Waals surface area contributed by atoms with Gasteiger partial charge in [-0.25, -0.2) is 0 Å². The topological polar surface area (TPSA) is 39.7 Å². The Morgan fingerprint density at radius 1 is 1.21 bits per heavy atom. The van der Waals surface area contributed by atoms with E-state index in [1.165, 1.54) is 64.6 Å². The molecular formula is C18H37IN4S. The van der Waals surface area contributed by atoms with E-state index in [-0.39, 0.29) is 24.0 Å². The number of guanidine groups is 1. The van der Waals surface area contributed by atoms with Crippen LogP contribution in [0, 0.1) is 5.92 Å². The van der Waals surface area contributed by atoms with E-state index in [0.717, 1.165) is 23.7 Å². The number of hydrogen-bond donors (Lipinski definition) is 2. The van der Waals surface area contributed by atoms with Crippen molar-refractivity contribution in [3.63, 3.8) is 0 Å². The lowest BCUT2D eigenvalue weighted by atomic mass is 9.93. The summed E-state index contributed by atoms with van der Waals surface area (Å²) in [6.45, 7) is 7.10. The molecule has 24 heavy (non-hydrogen) atoms. The fraction of sp³-hybridized carbons (Fsp3) is 0.944. The average Bonchev–Trinajstić information content (AvgIpc) is 2.61. The van der Waals surface area contributed by atoms with Gasteiger partial charge in [-0.3, -0.25) is 4.99 Å². The predicted octanol–water partition coefficient (Wildman–Crippen LogP) is 3.57. The molecule has 1 aliphatic heterocycles. The third-order valence-electron chi connectivity index (χ3n) is 5.52. The zero-order valence-corrected chi connectivity index (χ0v) is 18.9. The maximum Gasteiger partial charge on any atom is 0.191 e. The van der Waals surface area contributed by atoms with E-state index in [4.69, 9.17) is 0 Å². The molecule has 2 unspecified atom stereocenters. The first kappa shape index (κ1) is 22.4. The van der Waals surface area contributed by atoms with Crippen molar-refractivity contribution in [1.29, 1.82) is 0 Å². The van der Waals surface area contributed by atoms with Crippen molar-refractivity contribution in [2.75, 3.05) is 39.5 Å². The normalized spacial score (nSPS) is 26.7. The van der Waals surface area contributed by atoms with Crippen molar-refractivity contribution in [2.45, 2.75) is 63.2 Å². The Balaban J connectivity index is 0.00000288. The predicted molar refractivity (Wildman–Crippen MR) is 119 cm³/mol. The summed E-state index contributed by atoms with van der Waals surface area (Å²) in [5.74, 6) is 1.89. The van der Waals surface area contributed by atoms with Crippen LogP contribution in [0.1, 0.15) is 51.9 Å². The average molecular weight is 468 g/mol. The van der Waals surface area contributed by atoms with Crippen molar-refractivity contribution >= 4 is 41.7 Å². The summed E-state index contributed by atoms with van der Waals surface area (Å²) in [5, 5.41) is 8.00. The lowest BCUT2D eigenvalue weighted by molar-refractivity contribution is 0.187. The van der Waals surface area contributed by atoms with Gasteiger partial charge in [-0.05, 0) is 70.3 Å². The molecule has 0 radical (unpaired) electrons. The Morgan fingerprint density at radius 2 is 1.96 bits per heavy atom. The van der Waals surface area contributed by atoms with Gasteiger partial charge in [-0.2, -0.15) is 11.8 Å². The molecule has 2 rings (SSSR count). The third-order valence-corrected chi connectivity index (χ3v) is 6.62. The molecular weight excluding hydrogens is 431 g/mol. The highest BCUT2D eigenvalue weighted by Crippen LogP contribution is 2.26. The van der Waals surface area contributed by atoms with Crippen LogP contribution in [0.5, 0.6) is 0 Å². The number of nitrogens with zero attached hydrogens (tertiary/aromatic N) is 2. The molecule has 2 fully saturated rings. The van der Waals surface area contributed by atoms with Gasteiger partial charge in [0.2, 0.25) is 0 Å². The fourth-order valence-corrected chi connectivity index (χ4v) is 4.69. The molecule has 6 heteroatoms. The number of likely N-dealkylation sites (tertiary alicyclic amines) is 1. The Hall–Kier alpha value is 0.310. The van der Waals surface area contributed by atoms with Gasteiger partial charge in [0, 0.05) is 24.9 Å². The lowest BCUT2D eigenvalue weighted by Crippen LogP contribution is -2.46. The van der Waals surface area contributed by atoms with E-state index >= 15 is 0 Å². The van der Waals surface area contributed by atoms with Crippen molar-refractivity contribution in [3.05, 3.63) is 0 Å². The minimum Gasteiger partial charge on any atom is -0.356 e. The molecule has 4 nitrogen and oxygen atoms in total. The minimum absolute atomic E-state index is 0. The molecule has 1 saturated heterocycles. The van der Waals surface area contributed by atoms with Gasteiger partial charge in [-0.15, -0.1) is 24.0 Å². The molecule has 1 heterocycles. The van der Waals surface area contributed by atoms with Gasteiger partial charge in [0.15, 0.2) is 5.96 Å². The second kappa shape index (κ2) is 12.6. The molecule has 2 atom stereocenters. The Labute approximate surface area is 170 Å². The van der Waals surface area contributed by atoms with Crippen molar-refractivity contribution in [2.24, 2.45) is 10.9 Å². The summed E-state index contributed by atoms with van der Waals surface area (Å²) in [4.78, 5) is 6.99. The number of thioether (sulfide) groups is 1. The van der Waals surface area contributed by atoms with Crippen LogP contribution in [0.3, 0.4) is 0 Å². The van der Waals surface area contributed by atoms with Crippen LogP contribution in [-0.4, -0.2) is 61.6 Å². The van der Waals surface area contributed by atoms with Crippen molar-refractivity contribution < 1.29 is 0 Å². The second-order valence-corrected chi connectivity index (χ2v) is 8.17. The number of halogens is 1. The summed E-state index contributed by atoms with van der Waals surface area (Å²) >= 11 is 2.02. The van der Waals surface area contributed by atoms with E-state index < -0.39 is 0 Å². The number of hydrogen-bond acceptors (Lipinski definition) is 3. The minimum atomic E-state index is 0. The van der Waals surface area contributed by atoms with Crippen LogP contribution in [0.2, 0.25) is 0 Å². The number of nitrogens with one attached hydrogen (secondary N) is 2. The van der Waals surface area contributed by atoms with Crippen LogP contribution in [0.4, 0.5) is 0 Å². The van der Waals surface area contributed by atoms with Crippen LogP contribution >= 0.6 is 35.7 Å². The van der Waals surface area contributed by atoms with Gasteiger partial charge >= 0.3 is 0 Å². The van der Waals surface area contributed by atoms with Crippen LogP contribution < -0.4 is 10.6 Å². The van der Waals surface area contributed by atoms with Gasteiger partial charge in [-0.1, -0.05) is 13.3 Å². The number of rotatable bonds is 6. The molecule has 0 spiro atoms. The molecule has 0 aromatic heterocycles. The molecule has 2 N–H and O–H groups in total. The van der Waals surface area contributed by atoms with Gasteiger partial charge in [0.1, 0.15) is 0 Å². The third kappa shape index (κ3) is 7.68. The van der Waals surface area contributed by atoms with E-state index in [1.807, 2.05) is 18.8 Å². The Bertz CT molecular complexity index is 359. The van der Waals surface area contributed by atoms with Gasteiger partial charge < -0.3 is 15.5 Å². The second-order valence-electron chi connectivity index (χ2n) is 7.03. The lowest BCUT2D eigenvalue weighted by Gasteiger charge is -2.32. The standard InChI is InChI=1S/C18H36N4S.HI/c1-4-22-12-9-15(10-13-22)8-11-20-18(19-2)21-16-6-5-7-17(14-16)23-3;/h15-17H,4-14H2,1-3H3,(H2,19,20,21);1H. The highest BCUT2D eigenvalue weighted by atomic mass is 127. The van der Waals surface area contributed by atoms with E-state index in [9.17, 15) is 0 Å². The zero-order valence-electron chi connectivity index (χ0n) is 15.7. The zero-order chi connectivity index (χ0) is 16.5. The summed E-state index contributed by atoms with van der Waals surface area (Å²) < 4.78 is 0. The molecule has 142 valence electrons. The van der Waals surface area contributed by atoms with Crippen LogP contribution in [-0.2, 0) is 0 Å². The first-order chi connectivity index (χ1) is 11.2. The summed E-state index contributed by atoms with van der Waals surface area (Å²) in [7, 11) is 1.89. The summed E-state index contributed by atoms with van der Waals surface area (Å²) in [5.41, 5.74) is 0. The van der Waals surface area contributed by atoms with E-state index in [1.54, 1.807) is 0 Å². The van der Waals surface area contributed by atoms with Gasteiger partial charge in [0.05, 0.1) is 0 Å². The van der Waals surface area contributed by atoms with Crippen molar-refractivity contribution in [1.82, 2.24) is 15.5 Å². The van der Waals surface area contributed by atoms with E-state index in [0.29, 0.717) is 6.04 Å². The molecule has 0 aromatic rings. The monoisotopic (exact) mass is 468 g/mol. The molecule has 0 amide bonds. The number of aliphatic imine (C=N–C) groups is 1. The first-order valence-corrected chi connectivity index (χ1v) is 10.8. The molecule has 1 aliphatic carbocycles. The Morgan fingerprint density at radius 3 is 2.58 bits per heavy atom.